The summed E-state index contributed by atoms with van der Waals surface area (Å²) in [7, 11) is 1.61. The van der Waals surface area contributed by atoms with Crippen molar-refractivity contribution in [1.82, 2.24) is 19.9 Å². The lowest BCUT2D eigenvalue weighted by molar-refractivity contribution is -0.159. The highest BCUT2D eigenvalue weighted by atomic mass is 19.4. The molecule has 2 aromatic rings. The molecule has 166 valence electrons. The summed E-state index contributed by atoms with van der Waals surface area (Å²) in [5.41, 5.74) is -0.00434. The molecule has 0 radical (unpaired) electrons. The van der Waals surface area contributed by atoms with Gasteiger partial charge in [0, 0.05) is 24.7 Å². The lowest BCUT2D eigenvalue weighted by Crippen LogP contribution is -2.45. The molecule has 12 heteroatoms. The maximum absolute atomic E-state index is 14.9. The molecule has 8 nitrogen and oxygen atoms in total. The Labute approximate surface area is 173 Å². The van der Waals surface area contributed by atoms with E-state index in [0.717, 1.165) is 6.07 Å². The Balaban J connectivity index is 1.64. The number of halogens is 4. The molecule has 2 aliphatic heterocycles. The minimum Gasteiger partial charge on any atom is -0.491 e. The van der Waals surface area contributed by atoms with Crippen LogP contribution in [0.3, 0.4) is 0 Å². The van der Waals surface area contributed by atoms with Crippen molar-refractivity contribution >= 4 is 11.8 Å². The Hall–Kier alpha value is -3.18. The van der Waals surface area contributed by atoms with Crippen LogP contribution < -0.4 is 4.74 Å². The number of amides is 2. The molecular weight excluding hydrogens is 424 g/mol. The highest BCUT2D eigenvalue weighted by Crippen LogP contribution is 2.35. The molecule has 1 aromatic heterocycles. The van der Waals surface area contributed by atoms with Crippen LogP contribution in [0.5, 0.6) is 5.75 Å². The van der Waals surface area contributed by atoms with Gasteiger partial charge in [0.25, 0.3) is 0 Å². The number of rotatable bonds is 2. The van der Waals surface area contributed by atoms with Gasteiger partial charge in [0.15, 0.2) is 0 Å². The third-order valence-corrected chi connectivity index (χ3v) is 5.43. The summed E-state index contributed by atoms with van der Waals surface area (Å²) in [6, 6.07) is 1.81. The molecule has 1 aromatic carbocycles. The van der Waals surface area contributed by atoms with Gasteiger partial charge in [0.1, 0.15) is 24.1 Å². The minimum absolute atomic E-state index is 0.0123. The van der Waals surface area contributed by atoms with Crippen molar-refractivity contribution < 1.29 is 36.4 Å². The van der Waals surface area contributed by atoms with E-state index >= 15 is 0 Å². The maximum Gasteiger partial charge on any atom is 0.471 e. The quantitative estimate of drug-likeness (QED) is 0.525. The Morgan fingerprint density at radius 1 is 1.29 bits per heavy atom. The van der Waals surface area contributed by atoms with Crippen molar-refractivity contribution in [2.45, 2.75) is 32.1 Å². The largest absolute Gasteiger partial charge is 0.491 e. The van der Waals surface area contributed by atoms with Crippen LogP contribution in [0.2, 0.25) is 0 Å². The summed E-state index contributed by atoms with van der Waals surface area (Å²) in [4.78, 5) is 31.4. The molecule has 0 unspecified atom stereocenters. The van der Waals surface area contributed by atoms with E-state index in [4.69, 9.17) is 4.74 Å². The molecule has 1 fully saturated rings. The molecular formula is C19H18F4N4O4. The average Bonchev–Trinajstić information content (AvgIpc) is 3.28. The fourth-order valence-corrected chi connectivity index (χ4v) is 3.65. The van der Waals surface area contributed by atoms with Crippen molar-refractivity contribution in [3.05, 3.63) is 29.4 Å². The number of hydrogen-bond donors (Lipinski definition) is 0. The highest BCUT2D eigenvalue weighted by Gasteiger charge is 2.41. The first-order valence-electron chi connectivity index (χ1n) is 9.48. The van der Waals surface area contributed by atoms with Gasteiger partial charge in [-0.3, -0.25) is 9.59 Å². The molecule has 4 rings (SSSR count). The van der Waals surface area contributed by atoms with Crippen LogP contribution in [-0.2, 0) is 22.3 Å². The number of carbonyl (C=O) groups excluding carboxylic acids is 2. The number of ether oxygens (including phenoxy) is 1. The van der Waals surface area contributed by atoms with Crippen molar-refractivity contribution in [3.8, 4) is 17.1 Å². The van der Waals surface area contributed by atoms with E-state index in [1.165, 1.54) is 15.9 Å². The monoisotopic (exact) mass is 442 g/mol. The predicted molar refractivity (Wildman–Crippen MR) is 95.9 cm³/mol. The predicted octanol–water partition coefficient (Wildman–Crippen LogP) is 2.48. The molecule has 2 atom stereocenters. The lowest BCUT2D eigenvalue weighted by Gasteiger charge is -2.28. The number of alkyl halides is 3. The molecule has 3 heterocycles. The molecule has 0 spiro atoms. The Morgan fingerprint density at radius 2 is 2.03 bits per heavy atom. The van der Waals surface area contributed by atoms with E-state index in [1.54, 1.807) is 14.0 Å². The Kier molecular flexibility index (Phi) is 5.10. The summed E-state index contributed by atoms with van der Waals surface area (Å²) in [5, 5.41) is 3.26. The zero-order valence-corrected chi connectivity index (χ0v) is 16.6. The molecule has 1 saturated heterocycles. The molecule has 0 aliphatic carbocycles. The van der Waals surface area contributed by atoms with E-state index in [-0.39, 0.29) is 35.9 Å². The molecule has 2 aliphatic rings. The summed E-state index contributed by atoms with van der Waals surface area (Å²) in [5.74, 6) is -4.24. The standard InChI is InChI=1S/C19H18F4N4O4/c1-9-8-30-14-6-10(15-24-18(31-25-15)19(21,22)23)5-13(20)12(14)7-27(9)17(29)11-3-4-26(2)16(11)28/h5-6,9,11H,3-4,7-8H2,1-2H3/t9-,11-/m0/s1. The second kappa shape index (κ2) is 7.50. The van der Waals surface area contributed by atoms with Crippen LogP contribution in [0.4, 0.5) is 17.6 Å². The van der Waals surface area contributed by atoms with Crippen molar-refractivity contribution in [2.24, 2.45) is 5.92 Å². The lowest BCUT2D eigenvalue weighted by atomic mass is 10.0. The molecule has 0 saturated carbocycles. The normalized spacial score (nSPS) is 21.7. The van der Waals surface area contributed by atoms with Crippen molar-refractivity contribution in [3.63, 3.8) is 0 Å². The van der Waals surface area contributed by atoms with Crippen LogP contribution in [0.25, 0.3) is 11.4 Å². The van der Waals surface area contributed by atoms with E-state index in [2.05, 4.69) is 14.7 Å². The molecule has 0 N–H and O–H groups in total. The third kappa shape index (κ3) is 3.81. The van der Waals surface area contributed by atoms with Crippen LogP contribution in [0.1, 0.15) is 24.8 Å². The van der Waals surface area contributed by atoms with Crippen LogP contribution in [0, 0.1) is 11.7 Å². The minimum atomic E-state index is -4.83. The molecule has 0 bridgehead atoms. The van der Waals surface area contributed by atoms with Gasteiger partial charge in [0.2, 0.25) is 17.6 Å². The zero-order valence-electron chi connectivity index (χ0n) is 16.6. The number of likely N-dealkylation sites (tertiary alicyclic amines) is 1. The summed E-state index contributed by atoms with van der Waals surface area (Å²) in [6.45, 7) is 2.04. The van der Waals surface area contributed by atoms with Gasteiger partial charge in [0.05, 0.1) is 12.6 Å². The smallest absolute Gasteiger partial charge is 0.471 e. The third-order valence-electron chi connectivity index (χ3n) is 5.43. The molecule has 2 amide bonds. The van der Waals surface area contributed by atoms with Crippen LogP contribution >= 0.6 is 0 Å². The fourth-order valence-electron chi connectivity index (χ4n) is 3.65. The first kappa shape index (κ1) is 21.1. The van der Waals surface area contributed by atoms with E-state index in [1.807, 2.05) is 0 Å². The summed E-state index contributed by atoms with van der Waals surface area (Å²) < 4.78 is 62.9. The second-order valence-electron chi connectivity index (χ2n) is 7.58. The van der Waals surface area contributed by atoms with Gasteiger partial charge in [-0.1, -0.05) is 5.16 Å². The Bertz CT molecular complexity index is 1040. The maximum atomic E-state index is 14.9. The number of aromatic nitrogens is 2. The Morgan fingerprint density at radius 3 is 2.65 bits per heavy atom. The van der Waals surface area contributed by atoms with E-state index in [9.17, 15) is 27.2 Å². The van der Waals surface area contributed by atoms with Crippen LogP contribution in [-0.4, -0.2) is 58.0 Å². The van der Waals surface area contributed by atoms with Gasteiger partial charge < -0.3 is 19.1 Å². The van der Waals surface area contributed by atoms with Crippen LogP contribution in [0.15, 0.2) is 16.7 Å². The summed E-state index contributed by atoms with van der Waals surface area (Å²) in [6.07, 6.45) is -4.44. The van der Waals surface area contributed by atoms with E-state index in [0.29, 0.717) is 13.0 Å². The first-order chi connectivity index (χ1) is 14.6. The number of carbonyl (C=O) groups is 2. The van der Waals surface area contributed by atoms with E-state index < -0.39 is 41.6 Å². The second-order valence-corrected chi connectivity index (χ2v) is 7.58. The topological polar surface area (TPSA) is 88.8 Å². The highest BCUT2D eigenvalue weighted by molar-refractivity contribution is 6.01. The molecule has 31 heavy (non-hydrogen) atoms. The number of nitrogens with zero attached hydrogens (tertiary/aromatic N) is 4. The van der Waals surface area contributed by atoms with Gasteiger partial charge >= 0.3 is 12.1 Å². The van der Waals surface area contributed by atoms with Gasteiger partial charge in [-0.15, -0.1) is 0 Å². The van der Waals surface area contributed by atoms with Gasteiger partial charge in [-0.05, 0) is 25.5 Å². The number of fused-ring (bicyclic) bond motifs is 1. The van der Waals surface area contributed by atoms with Crippen molar-refractivity contribution in [2.75, 3.05) is 20.2 Å². The number of hydrogen-bond acceptors (Lipinski definition) is 6. The summed E-state index contributed by atoms with van der Waals surface area (Å²) >= 11 is 0. The van der Waals surface area contributed by atoms with Gasteiger partial charge in [-0.2, -0.15) is 18.2 Å². The SMILES string of the molecule is C[C@H]1COc2cc(-c3noc(C(F)(F)F)n3)cc(F)c2CN1C(=O)[C@H]1CCN(C)C1=O. The number of benzene rings is 1. The first-order valence-corrected chi connectivity index (χ1v) is 9.48. The average molecular weight is 442 g/mol. The van der Waals surface area contributed by atoms with Crippen molar-refractivity contribution in [1.29, 1.82) is 0 Å². The zero-order chi connectivity index (χ0) is 22.5. The fraction of sp³-hybridized carbons (Fsp3) is 0.474. The van der Waals surface area contributed by atoms with Gasteiger partial charge in [-0.25, -0.2) is 4.39 Å².